The summed E-state index contributed by atoms with van der Waals surface area (Å²) in [5.74, 6) is 0.233. The zero-order valence-corrected chi connectivity index (χ0v) is 13.3. The summed E-state index contributed by atoms with van der Waals surface area (Å²) in [5.41, 5.74) is 1.06. The number of nitrogens with one attached hydrogen (secondary N) is 1. The van der Waals surface area contributed by atoms with Crippen molar-refractivity contribution in [2.24, 2.45) is 5.92 Å². The van der Waals surface area contributed by atoms with E-state index >= 15 is 0 Å². The molecule has 2 amide bonds. The zero-order valence-electron chi connectivity index (χ0n) is 13.3. The van der Waals surface area contributed by atoms with E-state index in [-0.39, 0.29) is 11.9 Å². The predicted octanol–water partition coefficient (Wildman–Crippen LogP) is 2.72. The van der Waals surface area contributed by atoms with Crippen LogP contribution in [-0.4, -0.2) is 35.2 Å². The maximum absolute atomic E-state index is 12.2. The molecule has 118 valence electrons. The van der Waals surface area contributed by atoms with Crippen LogP contribution in [0.3, 0.4) is 0 Å². The molecule has 0 saturated carbocycles. The van der Waals surface area contributed by atoms with E-state index in [0.29, 0.717) is 18.8 Å². The van der Waals surface area contributed by atoms with Crippen molar-refractivity contribution in [1.82, 2.24) is 4.90 Å². The number of nitriles is 1. The number of aliphatic hydroxyl groups excluding tert-OH is 1. The van der Waals surface area contributed by atoms with E-state index in [0.717, 1.165) is 12.0 Å². The highest BCUT2D eigenvalue weighted by atomic mass is 16.3. The molecule has 2 unspecified atom stereocenters. The van der Waals surface area contributed by atoms with E-state index in [2.05, 4.69) is 11.4 Å². The second-order valence-electron chi connectivity index (χ2n) is 6.52. The molecule has 0 bridgehead atoms. The highest BCUT2D eigenvalue weighted by molar-refractivity contribution is 5.89. The van der Waals surface area contributed by atoms with Gasteiger partial charge in [0.15, 0.2) is 0 Å². The number of carbonyl (C=O) groups excluding carboxylic acids is 1. The van der Waals surface area contributed by atoms with E-state index < -0.39 is 11.5 Å². The van der Waals surface area contributed by atoms with Crippen LogP contribution < -0.4 is 5.32 Å². The first kappa shape index (κ1) is 16.3. The molecule has 2 atom stereocenters. The number of piperidine rings is 1. The van der Waals surface area contributed by atoms with Crippen molar-refractivity contribution >= 4 is 11.7 Å². The predicted molar refractivity (Wildman–Crippen MR) is 85.5 cm³/mol. The van der Waals surface area contributed by atoms with Gasteiger partial charge in [0.1, 0.15) is 0 Å². The summed E-state index contributed by atoms with van der Waals surface area (Å²) >= 11 is 0. The van der Waals surface area contributed by atoms with Gasteiger partial charge in [-0.1, -0.05) is 19.1 Å². The molecule has 1 fully saturated rings. The number of anilines is 1. The number of rotatable bonds is 2. The van der Waals surface area contributed by atoms with Crippen molar-refractivity contribution in [2.45, 2.75) is 38.7 Å². The fourth-order valence-corrected chi connectivity index (χ4v) is 2.47. The Labute approximate surface area is 131 Å². The van der Waals surface area contributed by atoms with Crippen molar-refractivity contribution in [3.63, 3.8) is 0 Å². The summed E-state index contributed by atoms with van der Waals surface area (Å²) < 4.78 is 0. The molecule has 2 N–H and O–H groups in total. The van der Waals surface area contributed by atoms with Gasteiger partial charge >= 0.3 is 6.03 Å². The van der Waals surface area contributed by atoms with Crippen LogP contribution >= 0.6 is 0 Å². The molecule has 1 saturated heterocycles. The molecule has 1 heterocycles. The van der Waals surface area contributed by atoms with Gasteiger partial charge in [0.25, 0.3) is 0 Å². The van der Waals surface area contributed by atoms with E-state index in [1.807, 2.05) is 32.9 Å². The fourth-order valence-electron chi connectivity index (χ4n) is 2.47. The lowest BCUT2D eigenvalue weighted by Gasteiger charge is -2.34. The molecule has 1 aromatic rings. The van der Waals surface area contributed by atoms with Crippen LogP contribution in [0.15, 0.2) is 24.3 Å². The van der Waals surface area contributed by atoms with Gasteiger partial charge in [-0.15, -0.1) is 0 Å². The SMILES string of the molecule is CC1CCN(C(=O)Nc2ccc(C(C)(C)C#N)cc2)CC1O. The molecule has 0 spiro atoms. The van der Waals surface area contributed by atoms with Gasteiger partial charge < -0.3 is 15.3 Å². The topological polar surface area (TPSA) is 76.4 Å². The number of likely N-dealkylation sites (tertiary alicyclic amines) is 1. The monoisotopic (exact) mass is 301 g/mol. The largest absolute Gasteiger partial charge is 0.391 e. The summed E-state index contributed by atoms with van der Waals surface area (Å²) in [6.07, 6.45) is 0.350. The molecular weight excluding hydrogens is 278 g/mol. The molecule has 1 aliphatic rings. The summed E-state index contributed by atoms with van der Waals surface area (Å²) in [6, 6.07) is 9.37. The van der Waals surface area contributed by atoms with Crippen LogP contribution in [0.2, 0.25) is 0 Å². The molecule has 5 nitrogen and oxygen atoms in total. The van der Waals surface area contributed by atoms with Crippen molar-refractivity contribution < 1.29 is 9.90 Å². The molecule has 0 radical (unpaired) electrons. The minimum atomic E-state index is -0.546. The fraction of sp³-hybridized carbons (Fsp3) is 0.529. The number of aliphatic hydroxyl groups is 1. The second kappa shape index (κ2) is 6.37. The normalized spacial score (nSPS) is 22.0. The number of benzene rings is 1. The minimum absolute atomic E-state index is 0.196. The Hall–Kier alpha value is -2.06. The van der Waals surface area contributed by atoms with E-state index in [1.165, 1.54) is 0 Å². The quantitative estimate of drug-likeness (QED) is 0.881. The van der Waals surface area contributed by atoms with E-state index in [9.17, 15) is 9.90 Å². The van der Waals surface area contributed by atoms with Gasteiger partial charge in [0.05, 0.1) is 17.6 Å². The Morgan fingerprint density at radius 2 is 2.05 bits per heavy atom. The molecule has 22 heavy (non-hydrogen) atoms. The lowest BCUT2D eigenvalue weighted by Crippen LogP contribution is -2.47. The maximum Gasteiger partial charge on any atom is 0.321 e. The van der Waals surface area contributed by atoms with Crippen LogP contribution in [0.5, 0.6) is 0 Å². The highest BCUT2D eigenvalue weighted by Gasteiger charge is 2.27. The highest BCUT2D eigenvalue weighted by Crippen LogP contribution is 2.24. The molecular formula is C17H23N3O2. The van der Waals surface area contributed by atoms with Gasteiger partial charge in [0, 0.05) is 18.8 Å². The van der Waals surface area contributed by atoms with Gasteiger partial charge in [-0.3, -0.25) is 0 Å². The first-order valence-electron chi connectivity index (χ1n) is 7.59. The number of nitrogens with zero attached hydrogens (tertiary/aromatic N) is 2. The number of hydrogen-bond donors (Lipinski definition) is 2. The molecule has 2 rings (SSSR count). The Kier molecular flexibility index (Phi) is 4.72. The summed E-state index contributed by atoms with van der Waals surface area (Å²) in [7, 11) is 0. The van der Waals surface area contributed by atoms with Crippen LogP contribution in [-0.2, 0) is 5.41 Å². The molecule has 0 aliphatic carbocycles. The number of hydrogen-bond acceptors (Lipinski definition) is 3. The Bertz CT molecular complexity index is 575. The average molecular weight is 301 g/mol. The zero-order chi connectivity index (χ0) is 16.3. The third-order valence-electron chi connectivity index (χ3n) is 4.34. The van der Waals surface area contributed by atoms with Crippen LogP contribution in [0, 0.1) is 17.2 Å². The number of urea groups is 1. The van der Waals surface area contributed by atoms with Gasteiger partial charge in [-0.25, -0.2) is 4.79 Å². The lowest BCUT2D eigenvalue weighted by atomic mass is 9.86. The second-order valence-corrected chi connectivity index (χ2v) is 6.52. The van der Waals surface area contributed by atoms with Gasteiger partial charge in [0.2, 0.25) is 0 Å². The van der Waals surface area contributed by atoms with Crippen molar-refractivity contribution in [1.29, 1.82) is 5.26 Å². The summed E-state index contributed by atoms with van der Waals surface area (Å²) in [4.78, 5) is 13.8. The van der Waals surface area contributed by atoms with Crippen molar-refractivity contribution in [3.8, 4) is 6.07 Å². The molecule has 1 aromatic carbocycles. The standard InChI is InChI=1S/C17H23N3O2/c1-12-8-9-20(10-15(12)21)16(22)19-14-6-4-13(5-7-14)17(2,3)11-18/h4-7,12,15,21H,8-10H2,1-3H3,(H,19,22). The summed E-state index contributed by atoms with van der Waals surface area (Å²) in [6.45, 7) is 6.74. The number of β-amino-alcohol motifs (C(OH)–C–C–N with tert-alkyl or cyclic N) is 1. The number of amides is 2. The Balaban J connectivity index is 1.99. The van der Waals surface area contributed by atoms with Crippen molar-refractivity contribution in [2.75, 3.05) is 18.4 Å². The van der Waals surface area contributed by atoms with Crippen molar-refractivity contribution in [3.05, 3.63) is 29.8 Å². The third-order valence-corrected chi connectivity index (χ3v) is 4.34. The molecule has 5 heteroatoms. The maximum atomic E-state index is 12.2. The Morgan fingerprint density at radius 1 is 1.41 bits per heavy atom. The Morgan fingerprint density at radius 3 is 2.59 bits per heavy atom. The van der Waals surface area contributed by atoms with Crippen LogP contribution in [0.1, 0.15) is 32.8 Å². The first-order chi connectivity index (χ1) is 10.3. The van der Waals surface area contributed by atoms with Crippen LogP contribution in [0.25, 0.3) is 0 Å². The van der Waals surface area contributed by atoms with Gasteiger partial charge in [-0.05, 0) is 43.9 Å². The first-order valence-corrected chi connectivity index (χ1v) is 7.59. The lowest BCUT2D eigenvalue weighted by molar-refractivity contribution is 0.0464. The van der Waals surface area contributed by atoms with Crippen LogP contribution in [0.4, 0.5) is 10.5 Å². The van der Waals surface area contributed by atoms with E-state index in [1.54, 1.807) is 17.0 Å². The average Bonchev–Trinajstić information content (AvgIpc) is 2.50. The molecule has 1 aliphatic heterocycles. The smallest absolute Gasteiger partial charge is 0.321 e. The van der Waals surface area contributed by atoms with Gasteiger partial charge in [-0.2, -0.15) is 5.26 Å². The summed E-state index contributed by atoms with van der Waals surface area (Å²) in [5, 5.41) is 21.8. The third kappa shape index (κ3) is 3.58. The minimum Gasteiger partial charge on any atom is -0.391 e. The number of carbonyl (C=O) groups is 1. The van der Waals surface area contributed by atoms with E-state index in [4.69, 9.17) is 5.26 Å². The molecule has 0 aromatic heterocycles.